The quantitative estimate of drug-likeness (QED) is 0.780. The van der Waals surface area contributed by atoms with Gasteiger partial charge < -0.3 is 4.90 Å². The lowest BCUT2D eigenvalue weighted by molar-refractivity contribution is 0.757. The van der Waals surface area contributed by atoms with Crippen molar-refractivity contribution < 1.29 is 0 Å². The van der Waals surface area contributed by atoms with Crippen LogP contribution < -0.4 is 4.90 Å². The molecule has 3 rings (SSSR count). The molecule has 1 aromatic carbocycles. The van der Waals surface area contributed by atoms with E-state index in [0.29, 0.717) is 0 Å². The Bertz CT molecular complexity index is 554. The average Bonchev–Trinajstić information content (AvgIpc) is 2.62. The molecule has 2 nitrogen and oxygen atoms in total. The molecule has 0 saturated heterocycles. The van der Waals surface area contributed by atoms with Gasteiger partial charge in [-0.2, -0.15) is 0 Å². The van der Waals surface area contributed by atoms with Crippen molar-refractivity contribution in [3.05, 3.63) is 52.6 Å². The van der Waals surface area contributed by atoms with Crippen LogP contribution in [-0.4, -0.2) is 11.5 Å². The zero-order chi connectivity index (χ0) is 12.4. The Hall–Kier alpha value is -1.35. The van der Waals surface area contributed by atoms with E-state index in [0.717, 1.165) is 23.3 Å². The van der Waals surface area contributed by atoms with E-state index in [4.69, 9.17) is 0 Å². The highest BCUT2D eigenvalue weighted by atomic mass is 79.9. The van der Waals surface area contributed by atoms with Crippen LogP contribution in [0.15, 0.2) is 47.1 Å². The van der Waals surface area contributed by atoms with E-state index in [9.17, 15) is 0 Å². The number of hydrogen-bond donors (Lipinski definition) is 0. The first-order valence-corrected chi connectivity index (χ1v) is 7.11. The van der Waals surface area contributed by atoms with Crippen molar-refractivity contribution in [3.8, 4) is 0 Å². The van der Waals surface area contributed by atoms with Crippen molar-refractivity contribution in [1.29, 1.82) is 0 Å². The van der Waals surface area contributed by atoms with E-state index in [1.807, 2.05) is 12.3 Å². The molecule has 0 saturated carbocycles. The summed E-state index contributed by atoms with van der Waals surface area (Å²) in [4.78, 5) is 6.85. The molecule has 92 valence electrons. The van der Waals surface area contributed by atoms with Gasteiger partial charge in [0.1, 0.15) is 5.82 Å². The third-order valence-corrected chi connectivity index (χ3v) is 3.97. The molecule has 0 unspecified atom stereocenters. The summed E-state index contributed by atoms with van der Waals surface area (Å²) in [6.07, 6.45) is 5.47. The maximum Gasteiger partial charge on any atom is 0.147 e. The number of rotatable bonds is 1. The molecule has 18 heavy (non-hydrogen) atoms. The number of pyridine rings is 1. The van der Waals surface area contributed by atoms with E-state index in [2.05, 4.69) is 56.1 Å². The fourth-order valence-electron chi connectivity index (χ4n) is 2.49. The third-order valence-electron chi connectivity index (χ3n) is 3.35. The number of fused-ring (bicyclic) bond motifs is 1. The molecule has 0 bridgehead atoms. The van der Waals surface area contributed by atoms with Crippen molar-refractivity contribution in [2.45, 2.75) is 19.3 Å². The van der Waals surface area contributed by atoms with Gasteiger partial charge >= 0.3 is 0 Å². The lowest BCUT2D eigenvalue weighted by Gasteiger charge is -2.24. The second-order valence-electron chi connectivity index (χ2n) is 4.55. The monoisotopic (exact) mass is 302 g/mol. The number of hydrogen-bond acceptors (Lipinski definition) is 2. The van der Waals surface area contributed by atoms with Crippen molar-refractivity contribution in [2.75, 3.05) is 11.4 Å². The van der Waals surface area contributed by atoms with Crippen LogP contribution in [0.4, 0.5) is 11.5 Å². The number of benzene rings is 1. The standard InChI is InChI=1S/C15H15BrN2/c16-13-8-5-10-17-15(13)18-11-4-3-7-12-6-1-2-9-14(12)18/h1-2,5-6,8-10H,3-4,7,11H2. The summed E-state index contributed by atoms with van der Waals surface area (Å²) in [5, 5.41) is 0. The van der Waals surface area contributed by atoms with Gasteiger partial charge in [-0.3, -0.25) is 0 Å². The second kappa shape index (κ2) is 5.11. The molecule has 0 atom stereocenters. The van der Waals surface area contributed by atoms with Crippen LogP contribution in [-0.2, 0) is 6.42 Å². The lowest BCUT2D eigenvalue weighted by atomic mass is 10.1. The number of halogens is 1. The molecular formula is C15H15BrN2. The fourth-order valence-corrected chi connectivity index (χ4v) is 2.96. The summed E-state index contributed by atoms with van der Waals surface area (Å²) in [7, 11) is 0. The summed E-state index contributed by atoms with van der Waals surface area (Å²) >= 11 is 3.60. The highest BCUT2D eigenvalue weighted by molar-refractivity contribution is 9.10. The first-order chi connectivity index (χ1) is 8.86. The van der Waals surface area contributed by atoms with Crippen molar-refractivity contribution in [2.24, 2.45) is 0 Å². The first-order valence-electron chi connectivity index (χ1n) is 6.32. The van der Waals surface area contributed by atoms with Gasteiger partial charge in [-0.25, -0.2) is 4.98 Å². The minimum Gasteiger partial charge on any atom is -0.325 e. The molecule has 1 aromatic heterocycles. The van der Waals surface area contributed by atoms with Crippen molar-refractivity contribution >= 4 is 27.4 Å². The Kier molecular flexibility index (Phi) is 3.33. The van der Waals surface area contributed by atoms with Gasteiger partial charge in [0.25, 0.3) is 0 Å². The first kappa shape index (κ1) is 11.7. The minimum absolute atomic E-state index is 1.02. The highest BCUT2D eigenvalue weighted by Crippen LogP contribution is 2.34. The Morgan fingerprint density at radius 2 is 1.94 bits per heavy atom. The van der Waals surface area contributed by atoms with E-state index >= 15 is 0 Å². The van der Waals surface area contributed by atoms with Crippen LogP contribution in [0.25, 0.3) is 0 Å². The fraction of sp³-hybridized carbons (Fsp3) is 0.267. The summed E-state index contributed by atoms with van der Waals surface area (Å²) in [5.74, 6) is 1.02. The maximum absolute atomic E-state index is 4.52. The summed E-state index contributed by atoms with van der Waals surface area (Å²) in [6, 6.07) is 12.7. The zero-order valence-electron chi connectivity index (χ0n) is 10.1. The van der Waals surface area contributed by atoms with Crippen LogP contribution in [0.5, 0.6) is 0 Å². The molecule has 0 radical (unpaired) electrons. The van der Waals surface area contributed by atoms with Gasteiger partial charge in [0.15, 0.2) is 0 Å². The molecule has 2 heterocycles. The largest absolute Gasteiger partial charge is 0.325 e. The molecule has 1 aliphatic heterocycles. The van der Waals surface area contributed by atoms with Crippen LogP contribution >= 0.6 is 15.9 Å². The SMILES string of the molecule is Brc1cccnc1N1CCCCc2ccccc21. The Morgan fingerprint density at radius 1 is 1.06 bits per heavy atom. The number of aromatic nitrogens is 1. The van der Waals surface area contributed by atoms with Gasteiger partial charge in [-0.15, -0.1) is 0 Å². The normalized spacial score (nSPS) is 15.1. The molecule has 0 fully saturated rings. The zero-order valence-corrected chi connectivity index (χ0v) is 11.7. The second-order valence-corrected chi connectivity index (χ2v) is 5.40. The Labute approximate surface area is 116 Å². The van der Waals surface area contributed by atoms with E-state index < -0.39 is 0 Å². The van der Waals surface area contributed by atoms with E-state index in [1.165, 1.54) is 24.1 Å². The van der Waals surface area contributed by atoms with Crippen LogP contribution in [0.1, 0.15) is 18.4 Å². The molecule has 1 aliphatic rings. The average molecular weight is 303 g/mol. The molecule has 3 heteroatoms. The number of anilines is 2. The summed E-state index contributed by atoms with van der Waals surface area (Å²) < 4.78 is 1.06. The number of aryl methyl sites for hydroxylation is 1. The molecule has 0 spiro atoms. The van der Waals surface area contributed by atoms with Gasteiger partial charge in [0, 0.05) is 18.4 Å². The van der Waals surface area contributed by atoms with Gasteiger partial charge in [-0.05, 0) is 59.0 Å². The Balaban J connectivity index is 2.10. The van der Waals surface area contributed by atoms with Crippen LogP contribution in [0, 0.1) is 0 Å². The van der Waals surface area contributed by atoms with Gasteiger partial charge in [0.2, 0.25) is 0 Å². The van der Waals surface area contributed by atoms with E-state index in [1.54, 1.807) is 0 Å². The van der Waals surface area contributed by atoms with Crippen LogP contribution in [0.3, 0.4) is 0 Å². The predicted octanol–water partition coefficient (Wildman–Crippen LogP) is 4.32. The maximum atomic E-state index is 4.52. The molecule has 0 aliphatic carbocycles. The van der Waals surface area contributed by atoms with Crippen molar-refractivity contribution in [1.82, 2.24) is 4.98 Å². The van der Waals surface area contributed by atoms with Crippen LogP contribution in [0.2, 0.25) is 0 Å². The van der Waals surface area contributed by atoms with E-state index in [-0.39, 0.29) is 0 Å². The Morgan fingerprint density at radius 3 is 2.83 bits per heavy atom. The summed E-state index contributed by atoms with van der Waals surface area (Å²) in [5.41, 5.74) is 2.72. The smallest absolute Gasteiger partial charge is 0.147 e. The third kappa shape index (κ3) is 2.15. The van der Waals surface area contributed by atoms with Crippen molar-refractivity contribution in [3.63, 3.8) is 0 Å². The molecule has 0 amide bonds. The number of nitrogens with zero attached hydrogens (tertiary/aromatic N) is 2. The summed E-state index contributed by atoms with van der Waals surface area (Å²) in [6.45, 7) is 1.03. The highest BCUT2D eigenvalue weighted by Gasteiger charge is 2.18. The minimum atomic E-state index is 1.02. The van der Waals surface area contributed by atoms with Gasteiger partial charge in [-0.1, -0.05) is 18.2 Å². The number of para-hydroxylation sites is 1. The molecule has 0 N–H and O–H groups in total. The van der Waals surface area contributed by atoms with Gasteiger partial charge in [0.05, 0.1) is 4.47 Å². The molecule has 2 aromatic rings. The topological polar surface area (TPSA) is 16.1 Å². The predicted molar refractivity (Wildman–Crippen MR) is 78.3 cm³/mol. The molecular weight excluding hydrogens is 288 g/mol. The lowest BCUT2D eigenvalue weighted by Crippen LogP contribution is -2.19.